The predicted octanol–water partition coefficient (Wildman–Crippen LogP) is 3.34. The Kier molecular flexibility index (Phi) is 3.80. The van der Waals surface area contributed by atoms with Crippen molar-refractivity contribution in [1.82, 2.24) is 9.55 Å². The van der Waals surface area contributed by atoms with E-state index in [1.165, 1.54) is 11.8 Å². The van der Waals surface area contributed by atoms with Crippen molar-refractivity contribution in [3.8, 4) is 5.75 Å². The fourth-order valence-electron chi connectivity index (χ4n) is 2.33. The lowest BCUT2D eigenvalue weighted by molar-refractivity contribution is -0.133. The Morgan fingerprint density at radius 3 is 2.90 bits per heavy atom. The highest BCUT2D eigenvalue weighted by Crippen LogP contribution is 2.42. The van der Waals surface area contributed by atoms with E-state index in [1.54, 1.807) is 0 Å². The molecular weight excluding hydrogens is 288 g/mol. The molecule has 6 heteroatoms. The molecule has 1 aliphatic carbocycles. The summed E-state index contributed by atoms with van der Waals surface area (Å²) in [4.78, 5) is 15.5. The highest BCUT2D eigenvalue weighted by atomic mass is 32.2. The van der Waals surface area contributed by atoms with E-state index in [2.05, 4.69) is 9.55 Å². The molecule has 0 unspecified atom stereocenters. The number of carbonyl (C=O) groups is 1. The number of fused-ring (bicyclic) bond motifs is 1. The van der Waals surface area contributed by atoms with E-state index in [-0.39, 0.29) is 11.9 Å². The molecule has 112 valence electrons. The minimum absolute atomic E-state index is 0.0242. The van der Waals surface area contributed by atoms with Gasteiger partial charge in [0, 0.05) is 6.04 Å². The fraction of sp³-hybridized carbons (Fsp3) is 0.467. The van der Waals surface area contributed by atoms with E-state index in [9.17, 15) is 4.79 Å². The zero-order chi connectivity index (χ0) is 15.0. The number of nitrogens with zero attached hydrogens (tertiary/aromatic N) is 2. The number of benzene rings is 1. The Hall–Kier alpha value is -1.69. The molecule has 3 rings (SSSR count). The normalized spacial score (nSPS) is 14.8. The van der Waals surface area contributed by atoms with Gasteiger partial charge in [0.1, 0.15) is 11.3 Å². The zero-order valence-corrected chi connectivity index (χ0v) is 12.9. The molecule has 5 nitrogen and oxygen atoms in total. The maximum atomic E-state index is 10.8. The summed E-state index contributed by atoms with van der Waals surface area (Å²) < 4.78 is 7.98. The minimum atomic E-state index is -0.826. The van der Waals surface area contributed by atoms with Crippen LogP contribution < -0.4 is 4.74 Å². The third-order valence-corrected chi connectivity index (χ3v) is 4.19. The maximum Gasteiger partial charge on any atom is 0.313 e. The maximum absolute atomic E-state index is 10.8. The molecule has 0 saturated heterocycles. The average Bonchev–Trinajstić information content (AvgIpc) is 3.17. The molecule has 0 amide bonds. The standard InChI is InChI=1S/C15H18N2O3S/c1-9(2)20-12-5-3-4-11-14(12)16-15(21-8-13(18)19)17(11)10-6-7-10/h3-5,9-10H,6-8H2,1-2H3,(H,18,19). The van der Waals surface area contributed by atoms with Crippen molar-refractivity contribution in [2.45, 2.75) is 44.0 Å². The lowest BCUT2D eigenvalue weighted by atomic mass is 10.3. The van der Waals surface area contributed by atoms with Crippen LogP contribution in [0.3, 0.4) is 0 Å². The lowest BCUT2D eigenvalue weighted by Gasteiger charge is -2.10. The summed E-state index contributed by atoms with van der Waals surface area (Å²) in [5.74, 6) is -0.0386. The van der Waals surface area contributed by atoms with Crippen molar-refractivity contribution in [3.63, 3.8) is 0 Å². The quantitative estimate of drug-likeness (QED) is 0.829. The first-order valence-corrected chi connectivity index (χ1v) is 8.07. The number of aromatic nitrogens is 2. The number of carboxylic acid groups (broad SMARTS) is 1. The second-order valence-corrected chi connectivity index (χ2v) is 6.41. The van der Waals surface area contributed by atoms with Gasteiger partial charge in [-0.1, -0.05) is 17.8 Å². The third-order valence-electron chi connectivity index (χ3n) is 3.25. The summed E-state index contributed by atoms with van der Waals surface area (Å²) in [6.45, 7) is 3.97. The van der Waals surface area contributed by atoms with Gasteiger partial charge in [0.15, 0.2) is 5.16 Å². The van der Waals surface area contributed by atoms with Crippen LogP contribution in [-0.4, -0.2) is 32.5 Å². The fourth-order valence-corrected chi connectivity index (χ4v) is 3.13. The number of hydrogen-bond donors (Lipinski definition) is 1. The Labute approximate surface area is 127 Å². The summed E-state index contributed by atoms with van der Waals surface area (Å²) in [5, 5.41) is 9.66. The lowest BCUT2D eigenvalue weighted by Crippen LogP contribution is -2.05. The first-order chi connectivity index (χ1) is 10.1. The van der Waals surface area contributed by atoms with Crippen molar-refractivity contribution in [2.24, 2.45) is 0 Å². The zero-order valence-electron chi connectivity index (χ0n) is 12.1. The summed E-state index contributed by atoms with van der Waals surface area (Å²) in [7, 11) is 0. The summed E-state index contributed by atoms with van der Waals surface area (Å²) in [5.41, 5.74) is 1.86. The SMILES string of the molecule is CC(C)Oc1cccc2c1nc(SCC(=O)O)n2C1CC1. The van der Waals surface area contributed by atoms with Crippen LogP contribution in [0.25, 0.3) is 11.0 Å². The number of ether oxygens (including phenoxy) is 1. The van der Waals surface area contributed by atoms with Crippen LogP contribution in [0.2, 0.25) is 0 Å². The smallest absolute Gasteiger partial charge is 0.313 e. The molecule has 1 aromatic carbocycles. The summed E-state index contributed by atoms with van der Waals surface area (Å²) >= 11 is 1.27. The van der Waals surface area contributed by atoms with Gasteiger partial charge in [-0.25, -0.2) is 4.98 Å². The van der Waals surface area contributed by atoms with Crippen molar-refractivity contribution < 1.29 is 14.6 Å². The van der Waals surface area contributed by atoms with Gasteiger partial charge < -0.3 is 14.4 Å². The highest BCUT2D eigenvalue weighted by molar-refractivity contribution is 7.99. The Bertz CT molecular complexity index is 677. The van der Waals surface area contributed by atoms with Gasteiger partial charge in [0.25, 0.3) is 0 Å². The molecule has 1 fully saturated rings. The van der Waals surface area contributed by atoms with Gasteiger partial charge in [0.05, 0.1) is 17.4 Å². The molecule has 0 radical (unpaired) electrons. The highest BCUT2D eigenvalue weighted by Gasteiger charge is 2.29. The Morgan fingerprint density at radius 1 is 1.52 bits per heavy atom. The van der Waals surface area contributed by atoms with Gasteiger partial charge in [-0.3, -0.25) is 4.79 Å². The number of thioether (sulfide) groups is 1. The number of carboxylic acids is 1. The molecule has 0 aliphatic heterocycles. The topological polar surface area (TPSA) is 64.3 Å². The Balaban J connectivity index is 2.05. The first kappa shape index (κ1) is 14.3. The molecule has 1 saturated carbocycles. The molecule has 1 aliphatic rings. The summed E-state index contributed by atoms with van der Waals surface area (Å²) in [6, 6.07) is 6.35. The number of imidazole rings is 1. The van der Waals surface area contributed by atoms with Crippen molar-refractivity contribution in [2.75, 3.05) is 5.75 Å². The van der Waals surface area contributed by atoms with Crippen LogP contribution >= 0.6 is 11.8 Å². The number of hydrogen-bond acceptors (Lipinski definition) is 4. The van der Waals surface area contributed by atoms with Crippen molar-refractivity contribution in [3.05, 3.63) is 18.2 Å². The monoisotopic (exact) mass is 306 g/mol. The predicted molar refractivity (Wildman–Crippen MR) is 82.1 cm³/mol. The van der Waals surface area contributed by atoms with Crippen molar-refractivity contribution in [1.29, 1.82) is 0 Å². The van der Waals surface area contributed by atoms with Gasteiger partial charge >= 0.3 is 5.97 Å². The number of aliphatic carboxylic acids is 1. The van der Waals surface area contributed by atoms with Gasteiger partial charge in [-0.15, -0.1) is 0 Å². The molecule has 1 aromatic heterocycles. The third kappa shape index (κ3) is 3.00. The van der Waals surface area contributed by atoms with E-state index in [0.29, 0.717) is 6.04 Å². The van der Waals surface area contributed by atoms with Crippen LogP contribution in [-0.2, 0) is 4.79 Å². The minimum Gasteiger partial charge on any atom is -0.489 e. The van der Waals surface area contributed by atoms with Crippen LogP contribution in [0, 0.1) is 0 Å². The van der Waals surface area contributed by atoms with Gasteiger partial charge in [0.2, 0.25) is 0 Å². The van der Waals surface area contributed by atoms with E-state index < -0.39 is 5.97 Å². The largest absolute Gasteiger partial charge is 0.489 e. The van der Waals surface area contributed by atoms with Crippen LogP contribution in [0.5, 0.6) is 5.75 Å². The van der Waals surface area contributed by atoms with Gasteiger partial charge in [-0.05, 0) is 38.8 Å². The second-order valence-electron chi connectivity index (χ2n) is 5.47. The van der Waals surface area contributed by atoms with E-state index in [1.807, 2.05) is 32.0 Å². The summed E-state index contributed by atoms with van der Waals surface area (Å²) in [6.07, 6.45) is 2.33. The molecule has 1 N–H and O–H groups in total. The molecule has 0 bridgehead atoms. The average molecular weight is 306 g/mol. The molecular formula is C15H18N2O3S. The van der Waals surface area contributed by atoms with Crippen LogP contribution in [0.15, 0.2) is 23.4 Å². The molecule has 0 spiro atoms. The number of rotatable bonds is 6. The Morgan fingerprint density at radius 2 is 2.29 bits per heavy atom. The first-order valence-electron chi connectivity index (χ1n) is 7.08. The molecule has 21 heavy (non-hydrogen) atoms. The van der Waals surface area contributed by atoms with Gasteiger partial charge in [-0.2, -0.15) is 0 Å². The molecule has 2 aromatic rings. The van der Waals surface area contributed by atoms with E-state index in [0.717, 1.165) is 34.8 Å². The van der Waals surface area contributed by atoms with Crippen LogP contribution in [0.4, 0.5) is 0 Å². The molecule has 0 atom stereocenters. The molecule has 1 heterocycles. The second kappa shape index (κ2) is 5.60. The number of para-hydroxylation sites is 1. The van der Waals surface area contributed by atoms with Crippen molar-refractivity contribution >= 4 is 28.8 Å². The van der Waals surface area contributed by atoms with E-state index >= 15 is 0 Å². The van der Waals surface area contributed by atoms with Crippen LogP contribution in [0.1, 0.15) is 32.7 Å². The van der Waals surface area contributed by atoms with E-state index in [4.69, 9.17) is 9.84 Å².